The minimum absolute atomic E-state index is 0.0152. The van der Waals surface area contributed by atoms with Crippen molar-refractivity contribution < 1.29 is 9.53 Å². The Balaban J connectivity index is 1.33. The number of hydrogen-bond acceptors (Lipinski definition) is 5. The summed E-state index contributed by atoms with van der Waals surface area (Å²) in [6.07, 6.45) is 1.52. The molecule has 154 valence electrons. The zero-order valence-electron chi connectivity index (χ0n) is 16.7. The minimum Gasteiger partial charge on any atom is -0.495 e. The zero-order valence-corrected chi connectivity index (χ0v) is 17.5. The molecule has 1 aliphatic rings. The van der Waals surface area contributed by atoms with Crippen molar-refractivity contribution in [1.29, 1.82) is 0 Å². The predicted molar refractivity (Wildman–Crippen MR) is 119 cm³/mol. The van der Waals surface area contributed by atoms with Crippen LogP contribution in [0.1, 0.15) is 12.8 Å². The smallest absolute Gasteiger partial charge is 0.227 e. The molecule has 0 spiro atoms. The summed E-state index contributed by atoms with van der Waals surface area (Å²) in [5.41, 5.74) is 2.58. The van der Waals surface area contributed by atoms with Gasteiger partial charge in [-0.1, -0.05) is 41.9 Å². The number of aromatic nitrogens is 2. The molecule has 1 N–H and O–H groups in total. The summed E-state index contributed by atoms with van der Waals surface area (Å²) in [5, 5.41) is 12.2. The first-order valence-corrected chi connectivity index (χ1v) is 10.3. The number of carbonyl (C=O) groups is 1. The molecule has 2 aromatic carbocycles. The van der Waals surface area contributed by atoms with Crippen LogP contribution in [0.4, 0.5) is 11.5 Å². The topological polar surface area (TPSA) is 67.3 Å². The Labute approximate surface area is 180 Å². The van der Waals surface area contributed by atoms with Gasteiger partial charge in [-0.3, -0.25) is 4.79 Å². The maximum Gasteiger partial charge on any atom is 0.227 e. The quantitative estimate of drug-likeness (QED) is 0.647. The van der Waals surface area contributed by atoms with Crippen LogP contribution >= 0.6 is 11.6 Å². The number of nitrogens with zero attached hydrogens (tertiary/aromatic N) is 3. The Hall–Kier alpha value is -3.12. The van der Waals surface area contributed by atoms with Crippen LogP contribution in [-0.4, -0.2) is 36.3 Å². The summed E-state index contributed by atoms with van der Waals surface area (Å²) >= 11 is 6.14. The third-order valence-corrected chi connectivity index (χ3v) is 5.62. The molecule has 0 saturated carbocycles. The van der Waals surface area contributed by atoms with Crippen molar-refractivity contribution in [3.8, 4) is 17.0 Å². The van der Waals surface area contributed by atoms with Gasteiger partial charge >= 0.3 is 0 Å². The van der Waals surface area contributed by atoms with Crippen LogP contribution in [0.25, 0.3) is 11.3 Å². The number of nitrogens with one attached hydrogen (secondary N) is 1. The van der Waals surface area contributed by atoms with E-state index in [2.05, 4.69) is 20.4 Å². The van der Waals surface area contributed by atoms with Crippen LogP contribution in [0, 0.1) is 5.92 Å². The number of methoxy groups -OCH3 is 1. The summed E-state index contributed by atoms with van der Waals surface area (Å²) in [5.74, 6) is 1.40. The highest BCUT2D eigenvalue weighted by atomic mass is 35.5. The molecule has 0 aliphatic carbocycles. The number of carbonyl (C=O) groups excluding carboxylic acids is 1. The van der Waals surface area contributed by atoms with Gasteiger partial charge in [0.25, 0.3) is 0 Å². The minimum atomic E-state index is -0.0429. The molecule has 30 heavy (non-hydrogen) atoms. The van der Waals surface area contributed by atoms with Gasteiger partial charge in [-0.15, -0.1) is 10.2 Å². The second-order valence-corrected chi connectivity index (χ2v) is 7.65. The second-order valence-electron chi connectivity index (χ2n) is 7.24. The van der Waals surface area contributed by atoms with Gasteiger partial charge in [-0.05, 0) is 43.2 Å². The van der Waals surface area contributed by atoms with E-state index in [0.717, 1.165) is 43.0 Å². The number of ether oxygens (including phenoxy) is 1. The van der Waals surface area contributed by atoms with Crippen molar-refractivity contribution in [2.75, 3.05) is 30.4 Å². The Bertz CT molecular complexity index is 1000. The fourth-order valence-electron chi connectivity index (χ4n) is 3.62. The lowest BCUT2D eigenvalue weighted by atomic mass is 9.95. The lowest BCUT2D eigenvalue weighted by Gasteiger charge is -2.31. The van der Waals surface area contributed by atoms with Crippen LogP contribution in [0.2, 0.25) is 5.02 Å². The highest BCUT2D eigenvalue weighted by molar-refractivity contribution is 6.32. The van der Waals surface area contributed by atoms with Gasteiger partial charge in [-0.25, -0.2) is 0 Å². The first-order chi connectivity index (χ1) is 14.6. The number of halogens is 1. The van der Waals surface area contributed by atoms with Gasteiger partial charge in [0, 0.05) is 30.3 Å². The van der Waals surface area contributed by atoms with Crippen molar-refractivity contribution in [2.45, 2.75) is 12.8 Å². The molecule has 0 bridgehead atoms. The third-order valence-electron chi connectivity index (χ3n) is 5.33. The van der Waals surface area contributed by atoms with Crippen molar-refractivity contribution in [3.05, 3.63) is 65.7 Å². The van der Waals surface area contributed by atoms with E-state index in [0.29, 0.717) is 16.5 Å². The lowest BCUT2D eigenvalue weighted by molar-refractivity contribution is -0.120. The monoisotopic (exact) mass is 422 g/mol. The molecule has 1 fully saturated rings. The molecule has 1 aliphatic heterocycles. The summed E-state index contributed by atoms with van der Waals surface area (Å²) in [4.78, 5) is 14.8. The molecule has 1 amide bonds. The SMILES string of the molecule is COc1ccc(NC(=O)C2CCN(c3ccc(-c4ccccc4)nn3)CC2)cc1Cl. The number of benzene rings is 2. The Morgan fingerprint density at radius 2 is 1.83 bits per heavy atom. The molecule has 0 radical (unpaired) electrons. The van der Waals surface area contributed by atoms with E-state index in [1.54, 1.807) is 25.3 Å². The molecule has 3 aromatic rings. The molecule has 6 nitrogen and oxygen atoms in total. The van der Waals surface area contributed by atoms with Gasteiger partial charge in [0.1, 0.15) is 5.75 Å². The van der Waals surface area contributed by atoms with Crippen LogP contribution in [0.15, 0.2) is 60.7 Å². The first kappa shape index (κ1) is 20.2. The fraction of sp³-hybridized carbons (Fsp3) is 0.261. The molecule has 0 unspecified atom stereocenters. The number of anilines is 2. The maximum atomic E-state index is 12.6. The van der Waals surface area contributed by atoms with Crippen LogP contribution < -0.4 is 15.0 Å². The van der Waals surface area contributed by atoms with Crippen LogP contribution in [0.3, 0.4) is 0 Å². The van der Waals surface area contributed by atoms with Crippen molar-refractivity contribution in [1.82, 2.24) is 10.2 Å². The average molecular weight is 423 g/mol. The summed E-state index contributed by atoms with van der Waals surface area (Å²) in [7, 11) is 1.56. The average Bonchev–Trinajstić information content (AvgIpc) is 2.80. The van der Waals surface area contributed by atoms with E-state index in [9.17, 15) is 4.79 Å². The van der Waals surface area contributed by atoms with Gasteiger partial charge < -0.3 is 15.0 Å². The van der Waals surface area contributed by atoms with Crippen LogP contribution in [-0.2, 0) is 4.79 Å². The van der Waals surface area contributed by atoms with Crippen LogP contribution in [0.5, 0.6) is 5.75 Å². The van der Waals surface area contributed by atoms with E-state index >= 15 is 0 Å². The van der Waals surface area contributed by atoms with E-state index in [4.69, 9.17) is 16.3 Å². The maximum absolute atomic E-state index is 12.6. The Morgan fingerprint density at radius 3 is 2.47 bits per heavy atom. The normalized spacial score (nSPS) is 14.4. The first-order valence-electron chi connectivity index (χ1n) is 9.92. The molecule has 7 heteroatoms. The van der Waals surface area contributed by atoms with Gasteiger partial charge in [0.15, 0.2) is 5.82 Å². The van der Waals surface area contributed by atoms with Gasteiger partial charge in [0.05, 0.1) is 17.8 Å². The molecular formula is C23H23ClN4O2. The second kappa shape index (κ2) is 9.13. The predicted octanol–water partition coefficient (Wildman–Crippen LogP) is 4.66. The Morgan fingerprint density at radius 1 is 1.07 bits per heavy atom. The number of rotatable bonds is 5. The van der Waals surface area contributed by atoms with Crippen molar-refractivity contribution in [3.63, 3.8) is 0 Å². The van der Waals surface area contributed by atoms with E-state index in [-0.39, 0.29) is 11.8 Å². The fourth-order valence-corrected chi connectivity index (χ4v) is 3.87. The van der Waals surface area contributed by atoms with Crippen molar-refractivity contribution >= 4 is 29.0 Å². The summed E-state index contributed by atoms with van der Waals surface area (Å²) < 4.78 is 5.15. The molecule has 4 rings (SSSR count). The standard InChI is InChI=1S/C23H23ClN4O2/c1-30-21-9-7-18(15-19(21)24)25-23(29)17-11-13-28(14-12-17)22-10-8-20(26-27-22)16-5-3-2-4-6-16/h2-10,15,17H,11-14H2,1H3,(H,25,29). The Kier molecular flexibility index (Phi) is 6.14. The molecule has 1 saturated heterocycles. The highest BCUT2D eigenvalue weighted by Gasteiger charge is 2.26. The number of piperidine rings is 1. The van der Waals surface area contributed by atoms with E-state index in [1.807, 2.05) is 42.5 Å². The number of hydrogen-bond donors (Lipinski definition) is 1. The largest absolute Gasteiger partial charge is 0.495 e. The van der Waals surface area contributed by atoms with E-state index < -0.39 is 0 Å². The summed E-state index contributed by atoms with van der Waals surface area (Å²) in [6.45, 7) is 1.53. The molecule has 0 atom stereocenters. The molecule has 2 heterocycles. The highest BCUT2D eigenvalue weighted by Crippen LogP contribution is 2.29. The van der Waals surface area contributed by atoms with E-state index in [1.165, 1.54) is 0 Å². The lowest BCUT2D eigenvalue weighted by Crippen LogP contribution is -2.38. The zero-order chi connectivity index (χ0) is 20.9. The molecular weight excluding hydrogens is 400 g/mol. The van der Waals surface area contributed by atoms with Crippen molar-refractivity contribution in [2.24, 2.45) is 5.92 Å². The van der Waals surface area contributed by atoms with Gasteiger partial charge in [-0.2, -0.15) is 0 Å². The summed E-state index contributed by atoms with van der Waals surface area (Å²) in [6, 6.07) is 19.2. The third kappa shape index (κ3) is 4.54. The van der Waals surface area contributed by atoms with Gasteiger partial charge in [0.2, 0.25) is 5.91 Å². The number of amides is 1. The molecule has 1 aromatic heterocycles.